The number of nitrogens with one attached hydrogen (secondary N) is 2. The van der Waals surface area contributed by atoms with Crippen LogP contribution in [0.25, 0.3) is 0 Å². The van der Waals surface area contributed by atoms with E-state index in [0.717, 1.165) is 25.7 Å². The van der Waals surface area contributed by atoms with Gasteiger partial charge in [-0.05, 0) is 12.8 Å². The number of rotatable bonds is 1. The van der Waals surface area contributed by atoms with E-state index in [0.29, 0.717) is 12.0 Å². The molecule has 14 heavy (non-hydrogen) atoms. The lowest BCUT2D eigenvalue weighted by molar-refractivity contribution is 0.200. The average molecular weight is 217 g/mol. The van der Waals surface area contributed by atoms with E-state index < -0.39 is 6.09 Å². The second-order valence-electron chi connectivity index (χ2n) is 3.30. The molecule has 0 atom stereocenters. The van der Waals surface area contributed by atoms with Gasteiger partial charge in [0, 0.05) is 6.04 Å². The summed E-state index contributed by atoms with van der Waals surface area (Å²) in [5, 5.41) is 9.36. The van der Waals surface area contributed by atoms with Crippen molar-refractivity contribution >= 4 is 23.3 Å². The Morgan fingerprint density at radius 1 is 1.43 bits per heavy atom. The second-order valence-corrected chi connectivity index (χ2v) is 4.07. The Labute approximate surface area is 87.5 Å². The number of amides is 1. The third-order valence-electron chi connectivity index (χ3n) is 2.13. The van der Waals surface area contributed by atoms with E-state index in [2.05, 4.69) is 9.50 Å². The highest BCUT2D eigenvalue weighted by atomic mass is 32.2. The lowest BCUT2D eigenvalue weighted by atomic mass is 9.96. The van der Waals surface area contributed by atoms with Crippen molar-refractivity contribution in [1.29, 1.82) is 5.41 Å². The van der Waals surface area contributed by atoms with E-state index in [9.17, 15) is 4.79 Å². The molecule has 1 aliphatic carbocycles. The maximum atomic E-state index is 11.1. The summed E-state index contributed by atoms with van der Waals surface area (Å²) in [4.78, 5) is 11.1. The summed E-state index contributed by atoms with van der Waals surface area (Å²) in [5.74, 6) is 0. The van der Waals surface area contributed by atoms with Crippen molar-refractivity contribution in [3.63, 3.8) is 0 Å². The number of hydrogen-bond acceptors (Lipinski definition) is 4. The quantitative estimate of drug-likeness (QED) is 0.353. The summed E-state index contributed by atoms with van der Waals surface area (Å²) < 4.78 is 4.62. The van der Waals surface area contributed by atoms with E-state index in [1.165, 1.54) is 6.42 Å². The largest absolute Gasteiger partial charge is 0.420 e. The minimum atomic E-state index is -0.503. The molecule has 0 radical (unpaired) electrons. The van der Waals surface area contributed by atoms with Gasteiger partial charge >= 0.3 is 6.09 Å². The fourth-order valence-electron chi connectivity index (χ4n) is 1.52. The third kappa shape index (κ3) is 4.36. The van der Waals surface area contributed by atoms with Gasteiger partial charge in [-0.3, -0.25) is 5.41 Å². The molecule has 4 N–H and O–H groups in total. The molecule has 0 heterocycles. The molecule has 0 aromatic heterocycles. The van der Waals surface area contributed by atoms with Gasteiger partial charge in [-0.1, -0.05) is 19.3 Å². The predicted molar refractivity (Wildman–Crippen MR) is 56.0 cm³/mol. The first-order valence-corrected chi connectivity index (χ1v) is 5.41. The van der Waals surface area contributed by atoms with Crippen LogP contribution in [0.15, 0.2) is 0 Å². The first-order valence-electron chi connectivity index (χ1n) is 4.67. The van der Waals surface area contributed by atoms with E-state index in [-0.39, 0.29) is 11.2 Å². The standard InChI is InChI=1S/C8H15N3O2S/c9-7(10)14-13-8(12)11-6-4-2-1-3-5-6/h6H,1-5H2,(H3,9,10)(H,11,12). The molecule has 1 amide bonds. The zero-order valence-electron chi connectivity index (χ0n) is 7.91. The number of carbonyl (C=O) groups excluding carboxylic acids is 1. The van der Waals surface area contributed by atoms with Gasteiger partial charge in [-0.15, -0.1) is 0 Å². The average Bonchev–Trinajstić information content (AvgIpc) is 2.16. The highest BCUT2D eigenvalue weighted by molar-refractivity contribution is 8.09. The normalized spacial score (nSPS) is 17.4. The molecule has 0 aromatic carbocycles. The molecule has 0 saturated heterocycles. The molecule has 6 heteroatoms. The van der Waals surface area contributed by atoms with Crippen LogP contribution in [0.1, 0.15) is 32.1 Å². The summed E-state index contributed by atoms with van der Waals surface area (Å²) in [5.41, 5.74) is 5.02. The van der Waals surface area contributed by atoms with Crippen molar-refractivity contribution in [1.82, 2.24) is 5.32 Å². The lowest BCUT2D eigenvalue weighted by Crippen LogP contribution is -2.35. The van der Waals surface area contributed by atoms with Gasteiger partial charge in [0.1, 0.15) is 12.0 Å². The summed E-state index contributed by atoms with van der Waals surface area (Å²) in [6, 6.07) is 0.226. The first-order chi connectivity index (χ1) is 6.68. The number of carbonyl (C=O) groups is 1. The van der Waals surface area contributed by atoms with Gasteiger partial charge in [0.05, 0.1) is 0 Å². The van der Waals surface area contributed by atoms with Crippen molar-refractivity contribution in [3.8, 4) is 0 Å². The van der Waals surface area contributed by atoms with Crippen LogP contribution < -0.4 is 11.1 Å². The van der Waals surface area contributed by atoms with Crippen molar-refractivity contribution in [2.24, 2.45) is 5.73 Å². The zero-order valence-corrected chi connectivity index (χ0v) is 8.73. The first kappa shape index (κ1) is 11.2. The molecule has 0 aliphatic heterocycles. The van der Waals surface area contributed by atoms with Gasteiger partial charge < -0.3 is 15.2 Å². The molecule has 1 fully saturated rings. The molecule has 1 aliphatic rings. The zero-order chi connectivity index (χ0) is 10.4. The smallest absolute Gasteiger partial charge is 0.376 e. The fraction of sp³-hybridized carbons (Fsp3) is 0.750. The monoisotopic (exact) mass is 217 g/mol. The topological polar surface area (TPSA) is 88.2 Å². The summed E-state index contributed by atoms with van der Waals surface area (Å²) in [7, 11) is 0. The number of hydrogen-bond donors (Lipinski definition) is 3. The molecule has 0 aromatic rings. The predicted octanol–water partition coefficient (Wildman–Crippen LogP) is 1.59. The van der Waals surface area contributed by atoms with E-state index in [1.54, 1.807) is 0 Å². The minimum Gasteiger partial charge on any atom is -0.376 e. The van der Waals surface area contributed by atoms with E-state index >= 15 is 0 Å². The van der Waals surface area contributed by atoms with Crippen LogP contribution in [0.2, 0.25) is 0 Å². The number of nitrogens with two attached hydrogens (primary N) is 1. The van der Waals surface area contributed by atoms with Crippen molar-refractivity contribution in [2.75, 3.05) is 0 Å². The van der Waals surface area contributed by atoms with Gasteiger partial charge in [0.25, 0.3) is 0 Å². The van der Waals surface area contributed by atoms with Crippen LogP contribution in [-0.4, -0.2) is 17.3 Å². The Morgan fingerprint density at radius 3 is 2.64 bits per heavy atom. The fourth-order valence-corrected chi connectivity index (χ4v) is 1.73. The van der Waals surface area contributed by atoms with Crippen LogP contribution in [0.4, 0.5) is 4.79 Å². The minimum absolute atomic E-state index is 0.219. The Hall–Kier alpha value is -0.910. The van der Waals surface area contributed by atoms with Crippen LogP contribution in [0, 0.1) is 5.41 Å². The van der Waals surface area contributed by atoms with Crippen LogP contribution in [0.5, 0.6) is 0 Å². The Bertz CT molecular complexity index is 217. The maximum absolute atomic E-state index is 11.1. The van der Waals surface area contributed by atoms with Crippen LogP contribution in [-0.2, 0) is 4.18 Å². The summed E-state index contributed by atoms with van der Waals surface area (Å²) in [6.07, 6.45) is 5.09. The number of amidine groups is 1. The molecule has 0 spiro atoms. The third-order valence-corrected chi connectivity index (χ3v) is 2.55. The molecule has 0 bridgehead atoms. The summed E-state index contributed by atoms with van der Waals surface area (Å²) >= 11 is 0.577. The summed E-state index contributed by atoms with van der Waals surface area (Å²) in [6.45, 7) is 0. The lowest BCUT2D eigenvalue weighted by Gasteiger charge is -2.21. The second kappa shape index (κ2) is 5.74. The molecular weight excluding hydrogens is 202 g/mol. The molecular formula is C8H15N3O2S. The van der Waals surface area contributed by atoms with Gasteiger partial charge in [-0.25, -0.2) is 4.79 Å². The van der Waals surface area contributed by atoms with Gasteiger partial charge in [-0.2, -0.15) is 0 Å². The van der Waals surface area contributed by atoms with Crippen LogP contribution >= 0.6 is 12.0 Å². The van der Waals surface area contributed by atoms with E-state index in [1.807, 2.05) is 0 Å². The van der Waals surface area contributed by atoms with Gasteiger partial charge in [0.2, 0.25) is 0 Å². The van der Waals surface area contributed by atoms with Gasteiger partial charge in [0.15, 0.2) is 5.17 Å². The molecule has 5 nitrogen and oxygen atoms in total. The highest BCUT2D eigenvalue weighted by Gasteiger charge is 2.16. The Balaban J connectivity index is 2.15. The molecule has 0 unspecified atom stereocenters. The van der Waals surface area contributed by atoms with Crippen LogP contribution in [0.3, 0.4) is 0 Å². The molecule has 1 saturated carbocycles. The highest BCUT2D eigenvalue weighted by Crippen LogP contribution is 2.17. The maximum Gasteiger partial charge on any atom is 0.420 e. The molecule has 1 rings (SSSR count). The van der Waals surface area contributed by atoms with E-state index in [4.69, 9.17) is 11.1 Å². The Morgan fingerprint density at radius 2 is 2.07 bits per heavy atom. The van der Waals surface area contributed by atoms with Crippen molar-refractivity contribution in [2.45, 2.75) is 38.1 Å². The SMILES string of the molecule is N=C(N)SOC(=O)NC1CCCCC1. The van der Waals surface area contributed by atoms with Crippen molar-refractivity contribution in [3.05, 3.63) is 0 Å². The van der Waals surface area contributed by atoms with Crippen molar-refractivity contribution < 1.29 is 8.98 Å². The Kier molecular flexibility index (Phi) is 4.58. The molecule has 80 valence electrons.